The Morgan fingerprint density at radius 3 is 2.62 bits per heavy atom. The van der Waals surface area contributed by atoms with Crippen molar-refractivity contribution in [1.82, 2.24) is 34.7 Å². The third-order valence-electron chi connectivity index (χ3n) is 4.90. The summed E-state index contributed by atoms with van der Waals surface area (Å²) in [4.78, 5) is 17.3. The zero-order valence-electron chi connectivity index (χ0n) is 16.1. The van der Waals surface area contributed by atoms with Crippen LogP contribution in [0.4, 0.5) is 13.2 Å². The van der Waals surface area contributed by atoms with Crippen LogP contribution in [0.1, 0.15) is 11.3 Å². The maximum Gasteiger partial charge on any atom is 0.433 e. The fourth-order valence-electron chi connectivity index (χ4n) is 3.46. The summed E-state index contributed by atoms with van der Waals surface area (Å²) >= 11 is 1.08. The SMILES string of the molecule is Cc1cc(C(F)(F)F)nc2sc3c(ncn4nc(-c5nc(-c6ccccc6)no5)nc34)c12. The van der Waals surface area contributed by atoms with Gasteiger partial charge in [-0.1, -0.05) is 35.5 Å². The minimum absolute atomic E-state index is 0.121. The van der Waals surface area contributed by atoms with Crippen LogP contribution in [-0.4, -0.2) is 34.7 Å². The average Bonchev–Trinajstić information content (AvgIpc) is 3.49. The first-order valence-corrected chi connectivity index (χ1v) is 10.1. The molecule has 6 aromatic rings. The van der Waals surface area contributed by atoms with Gasteiger partial charge in [0.1, 0.15) is 21.6 Å². The number of rotatable bonds is 2. The topological polar surface area (TPSA) is 94.9 Å². The molecular weight excluding hydrogens is 443 g/mol. The first kappa shape index (κ1) is 18.8. The summed E-state index contributed by atoms with van der Waals surface area (Å²) in [5, 5.41) is 8.88. The second-order valence-electron chi connectivity index (χ2n) is 7.02. The van der Waals surface area contributed by atoms with Crippen LogP contribution < -0.4 is 0 Å². The van der Waals surface area contributed by atoms with E-state index in [1.54, 1.807) is 6.92 Å². The van der Waals surface area contributed by atoms with Gasteiger partial charge in [-0.05, 0) is 18.6 Å². The van der Waals surface area contributed by atoms with Gasteiger partial charge < -0.3 is 4.52 Å². The maximum atomic E-state index is 13.2. The summed E-state index contributed by atoms with van der Waals surface area (Å²) < 4.78 is 46.9. The van der Waals surface area contributed by atoms with Crippen LogP contribution in [0.25, 0.3) is 49.2 Å². The summed E-state index contributed by atoms with van der Waals surface area (Å²) in [6, 6.07) is 10.3. The highest BCUT2D eigenvalue weighted by atomic mass is 32.1. The number of halogens is 3. The zero-order valence-corrected chi connectivity index (χ0v) is 16.9. The molecule has 6 rings (SSSR count). The summed E-state index contributed by atoms with van der Waals surface area (Å²) in [7, 11) is 0. The minimum Gasteiger partial charge on any atom is -0.330 e. The molecule has 0 atom stereocenters. The molecule has 0 bridgehead atoms. The Labute approximate surface area is 180 Å². The first-order valence-electron chi connectivity index (χ1n) is 9.30. The Bertz CT molecular complexity index is 1640. The molecule has 0 unspecified atom stereocenters. The lowest BCUT2D eigenvalue weighted by Gasteiger charge is -2.06. The molecule has 0 saturated heterocycles. The van der Waals surface area contributed by atoms with E-state index in [1.165, 1.54) is 10.8 Å². The third kappa shape index (κ3) is 2.83. The van der Waals surface area contributed by atoms with Crippen LogP contribution in [-0.2, 0) is 6.18 Å². The molecule has 158 valence electrons. The lowest BCUT2D eigenvalue weighted by atomic mass is 10.1. The Kier molecular flexibility index (Phi) is 3.84. The van der Waals surface area contributed by atoms with E-state index in [9.17, 15) is 13.2 Å². The number of nitrogens with zero attached hydrogens (tertiary/aromatic N) is 7. The molecule has 0 aliphatic carbocycles. The molecule has 32 heavy (non-hydrogen) atoms. The van der Waals surface area contributed by atoms with Gasteiger partial charge in [-0.3, -0.25) is 0 Å². The van der Waals surface area contributed by atoms with Gasteiger partial charge in [0.25, 0.3) is 5.89 Å². The van der Waals surface area contributed by atoms with Crippen LogP contribution in [0.15, 0.2) is 47.2 Å². The van der Waals surface area contributed by atoms with E-state index in [-0.39, 0.29) is 16.5 Å². The molecule has 5 heterocycles. The largest absolute Gasteiger partial charge is 0.433 e. The summed E-state index contributed by atoms with van der Waals surface area (Å²) in [6.07, 6.45) is -3.08. The van der Waals surface area contributed by atoms with Gasteiger partial charge in [0.2, 0.25) is 11.6 Å². The van der Waals surface area contributed by atoms with Crippen LogP contribution >= 0.6 is 11.3 Å². The van der Waals surface area contributed by atoms with Crippen molar-refractivity contribution in [3.8, 4) is 23.1 Å². The first-order chi connectivity index (χ1) is 15.4. The van der Waals surface area contributed by atoms with Crippen LogP contribution in [0.5, 0.6) is 0 Å². The molecule has 1 aromatic carbocycles. The highest BCUT2D eigenvalue weighted by Crippen LogP contribution is 2.38. The van der Waals surface area contributed by atoms with Crippen LogP contribution in [0.2, 0.25) is 0 Å². The zero-order chi connectivity index (χ0) is 22.0. The van der Waals surface area contributed by atoms with Gasteiger partial charge >= 0.3 is 6.18 Å². The summed E-state index contributed by atoms with van der Waals surface area (Å²) in [5.74, 6) is 0.701. The number of benzene rings is 1. The van der Waals surface area contributed by atoms with E-state index in [0.29, 0.717) is 32.6 Å². The van der Waals surface area contributed by atoms with E-state index >= 15 is 0 Å². The van der Waals surface area contributed by atoms with Crippen LogP contribution in [0.3, 0.4) is 0 Å². The highest BCUT2D eigenvalue weighted by molar-refractivity contribution is 7.26. The quantitative estimate of drug-likeness (QED) is 0.367. The van der Waals surface area contributed by atoms with Crippen molar-refractivity contribution in [2.24, 2.45) is 0 Å². The fourth-order valence-corrected chi connectivity index (χ4v) is 4.64. The van der Waals surface area contributed by atoms with Gasteiger partial charge in [-0.2, -0.15) is 18.2 Å². The van der Waals surface area contributed by atoms with Gasteiger partial charge in [-0.25, -0.2) is 19.5 Å². The number of alkyl halides is 3. The average molecular weight is 453 g/mol. The molecule has 0 radical (unpaired) electrons. The lowest BCUT2D eigenvalue weighted by Crippen LogP contribution is -2.07. The second-order valence-corrected chi connectivity index (χ2v) is 8.02. The van der Waals surface area contributed by atoms with E-state index < -0.39 is 11.9 Å². The van der Waals surface area contributed by atoms with E-state index in [2.05, 4.69) is 30.2 Å². The molecule has 0 amide bonds. The lowest BCUT2D eigenvalue weighted by molar-refractivity contribution is -0.141. The molecule has 0 fully saturated rings. The normalized spacial score (nSPS) is 12.4. The minimum atomic E-state index is -4.53. The second kappa shape index (κ2) is 6.53. The van der Waals surface area contributed by atoms with Crippen molar-refractivity contribution in [1.29, 1.82) is 0 Å². The van der Waals surface area contributed by atoms with Crippen molar-refractivity contribution < 1.29 is 17.7 Å². The van der Waals surface area contributed by atoms with E-state index in [0.717, 1.165) is 23.0 Å². The van der Waals surface area contributed by atoms with Crippen molar-refractivity contribution in [3.05, 3.63) is 54.0 Å². The Morgan fingerprint density at radius 1 is 1.03 bits per heavy atom. The van der Waals surface area contributed by atoms with Crippen molar-refractivity contribution in [2.45, 2.75) is 13.1 Å². The molecule has 0 aliphatic heterocycles. The number of pyridine rings is 1. The molecule has 12 heteroatoms. The molecular formula is C20H10F3N7OS. The Balaban J connectivity index is 1.52. The smallest absolute Gasteiger partial charge is 0.330 e. The fraction of sp³-hybridized carbons (Fsp3) is 0.100. The van der Waals surface area contributed by atoms with Gasteiger partial charge in [0, 0.05) is 10.9 Å². The summed E-state index contributed by atoms with van der Waals surface area (Å²) in [6.45, 7) is 1.61. The third-order valence-corrected chi connectivity index (χ3v) is 5.97. The molecule has 0 aliphatic rings. The molecule has 8 nitrogen and oxygen atoms in total. The van der Waals surface area contributed by atoms with Crippen molar-refractivity contribution >= 4 is 37.4 Å². The Morgan fingerprint density at radius 2 is 1.84 bits per heavy atom. The van der Waals surface area contributed by atoms with Crippen LogP contribution in [0, 0.1) is 6.92 Å². The number of thiophene rings is 1. The molecule has 5 aromatic heterocycles. The predicted molar refractivity (Wildman–Crippen MR) is 110 cm³/mol. The Hall–Kier alpha value is -3.93. The monoisotopic (exact) mass is 453 g/mol. The number of aromatic nitrogens is 7. The number of hydrogen-bond donors (Lipinski definition) is 0. The standard InChI is InChI=1S/C20H10F3N7OS/c1-9-7-11(20(21,22)23)25-19-12(9)13-14(32-19)17-26-16(28-30(17)8-24-13)18-27-15(29-31-18)10-5-3-2-4-6-10/h2-8H,1H3. The van der Waals surface area contributed by atoms with Gasteiger partial charge in [0.15, 0.2) is 5.65 Å². The maximum absolute atomic E-state index is 13.2. The number of aryl methyl sites for hydroxylation is 1. The van der Waals surface area contributed by atoms with Crippen molar-refractivity contribution in [3.63, 3.8) is 0 Å². The molecule has 0 N–H and O–H groups in total. The molecule has 0 saturated carbocycles. The van der Waals surface area contributed by atoms with E-state index in [4.69, 9.17) is 4.52 Å². The van der Waals surface area contributed by atoms with Crippen molar-refractivity contribution in [2.75, 3.05) is 0 Å². The van der Waals surface area contributed by atoms with Gasteiger partial charge in [0.05, 0.1) is 5.52 Å². The van der Waals surface area contributed by atoms with Gasteiger partial charge in [-0.15, -0.1) is 16.4 Å². The number of hydrogen-bond acceptors (Lipinski definition) is 8. The summed E-state index contributed by atoms with van der Waals surface area (Å²) in [5.41, 5.74) is 1.22. The predicted octanol–water partition coefficient (Wildman–Crippen LogP) is 4.93. The molecule has 0 spiro atoms. The highest BCUT2D eigenvalue weighted by Gasteiger charge is 2.33. The number of fused-ring (bicyclic) bond motifs is 5. The van der Waals surface area contributed by atoms with E-state index in [1.807, 2.05) is 30.3 Å².